The van der Waals surface area contributed by atoms with Gasteiger partial charge in [0.2, 0.25) is 17.6 Å². The van der Waals surface area contributed by atoms with E-state index in [0.29, 0.717) is 27.5 Å². The molecule has 49 heavy (non-hydrogen) atoms. The second-order valence-corrected chi connectivity index (χ2v) is 12.3. The van der Waals surface area contributed by atoms with E-state index in [1.807, 2.05) is 0 Å². The first kappa shape index (κ1) is 39.2. The zero-order valence-corrected chi connectivity index (χ0v) is 28.1. The average Bonchev–Trinajstić information content (AvgIpc) is 3.05. The fourth-order valence-corrected chi connectivity index (χ4v) is 5.19. The highest BCUT2D eigenvalue weighted by Crippen LogP contribution is 2.33. The maximum atomic E-state index is 14.8. The van der Waals surface area contributed by atoms with E-state index in [1.54, 1.807) is 72.8 Å². The van der Waals surface area contributed by atoms with Gasteiger partial charge < -0.3 is 20.7 Å². The molecule has 0 fully saturated rings. The SMILES string of the molecule is COc1ccc(C(CC(=O)N[C@@H](Cc2ccccc2)C(=O)N[C@H](C(=O)C(F)(F)C(=O)NCC(F)(F)F)C(C)C)c2ccc(Cl)c(Cl)c2)cc1. The number of carbonyl (C=O) groups is 4. The number of carbonyl (C=O) groups excluding carboxylic acids is 4. The van der Waals surface area contributed by atoms with Gasteiger partial charge in [-0.3, -0.25) is 19.2 Å². The molecule has 3 rings (SSSR count). The second-order valence-electron chi connectivity index (χ2n) is 11.5. The Balaban J connectivity index is 1.89. The van der Waals surface area contributed by atoms with Crippen LogP contribution in [0.3, 0.4) is 0 Å². The number of hydrogen-bond donors (Lipinski definition) is 3. The molecule has 3 aromatic carbocycles. The molecule has 3 aromatic rings. The molecule has 0 bridgehead atoms. The van der Waals surface area contributed by atoms with Crippen molar-refractivity contribution in [3.63, 3.8) is 0 Å². The molecule has 0 saturated heterocycles. The van der Waals surface area contributed by atoms with Gasteiger partial charge in [0.15, 0.2) is 0 Å². The number of hydrogen-bond acceptors (Lipinski definition) is 5. The number of ether oxygens (including phenoxy) is 1. The number of ketones is 1. The molecule has 0 aliphatic heterocycles. The summed E-state index contributed by atoms with van der Waals surface area (Å²) in [4.78, 5) is 52.0. The Hall–Kier alpha value is -4.23. The summed E-state index contributed by atoms with van der Waals surface area (Å²) in [6.07, 6.45) is -5.35. The van der Waals surface area contributed by atoms with Gasteiger partial charge in [-0.25, -0.2) is 0 Å². The molecular weight excluding hydrogens is 696 g/mol. The van der Waals surface area contributed by atoms with Crippen molar-refractivity contribution in [3.05, 3.63) is 99.5 Å². The topological polar surface area (TPSA) is 114 Å². The van der Waals surface area contributed by atoms with Crippen LogP contribution in [-0.2, 0) is 25.6 Å². The first-order valence-corrected chi connectivity index (χ1v) is 15.7. The number of benzene rings is 3. The minimum atomic E-state index is -5.00. The predicted octanol–water partition coefficient (Wildman–Crippen LogP) is 6.28. The molecule has 0 aliphatic carbocycles. The Morgan fingerprint density at radius 2 is 1.43 bits per heavy atom. The normalized spacial score (nSPS) is 13.6. The van der Waals surface area contributed by atoms with E-state index in [-0.39, 0.29) is 17.9 Å². The van der Waals surface area contributed by atoms with E-state index in [4.69, 9.17) is 27.9 Å². The maximum Gasteiger partial charge on any atom is 0.405 e. The number of amides is 3. The van der Waals surface area contributed by atoms with Crippen LogP contribution < -0.4 is 20.7 Å². The fraction of sp³-hybridized carbons (Fsp3) is 0.353. The summed E-state index contributed by atoms with van der Waals surface area (Å²) in [5.74, 6) is -12.2. The fourth-order valence-electron chi connectivity index (χ4n) is 4.88. The van der Waals surface area contributed by atoms with Gasteiger partial charge in [0.1, 0.15) is 18.3 Å². The van der Waals surface area contributed by atoms with Crippen LogP contribution in [0.4, 0.5) is 22.0 Å². The Bertz CT molecular complexity index is 1620. The van der Waals surface area contributed by atoms with E-state index in [0.717, 1.165) is 5.32 Å². The van der Waals surface area contributed by atoms with Gasteiger partial charge in [-0.2, -0.15) is 22.0 Å². The molecule has 0 aliphatic rings. The van der Waals surface area contributed by atoms with E-state index in [9.17, 15) is 41.1 Å². The molecule has 264 valence electrons. The van der Waals surface area contributed by atoms with Crippen molar-refractivity contribution < 1.29 is 45.9 Å². The number of nitrogens with one attached hydrogen (secondary N) is 3. The number of alkyl halides is 5. The molecule has 3 N–H and O–H groups in total. The summed E-state index contributed by atoms with van der Waals surface area (Å²) in [6, 6.07) is 16.7. The van der Waals surface area contributed by atoms with Crippen LogP contribution in [0.2, 0.25) is 10.0 Å². The van der Waals surface area contributed by atoms with Gasteiger partial charge in [-0.15, -0.1) is 0 Å². The van der Waals surface area contributed by atoms with Crippen LogP contribution in [0.15, 0.2) is 72.8 Å². The van der Waals surface area contributed by atoms with Crippen LogP contribution in [0, 0.1) is 5.92 Å². The molecule has 0 aromatic heterocycles. The van der Waals surface area contributed by atoms with Crippen LogP contribution in [0.5, 0.6) is 5.75 Å². The quantitative estimate of drug-likeness (QED) is 0.126. The standard InChI is InChI=1S/C34H34Cl2F5N3O5/c1-19(2)29(30(46)34(40,41)32(48)42-18-33(37,38)39)44-31(47)27(15-20-7-5-4-6-8-20)43-28(45)17-24(21-9-12-23(49-3)13-10-21)22-11-14-25(35)26(36)16-22/h4-14,16,19,24,27,29H,15,17-18H2,1-3H3,(H,42,48)(H,43,45)(H,44,47)/t24?,27-,29-/m0/s1. The molecule has 0 spiro atoms. The Morgan fingerprint density at radius 1 is 0.816 bits per heavy atom. The Kier molecular flexibility index (Phi) is 13.5. The molecule has 15 heteroatoms. The molecule has 3 amide bonds. The van der Waals surface area contributed by atoms with Crippen molar-refractivity contribution in [3.8, 4) is 5.75 Å². The van der Waals surface area contributed by atoms with E-state index < -0.39 is 66.1 Å². The predicted molar refractivity (Wildman–Crippen MR) is 174 cm³/mol. The minimum absolute atomic E-state index is 0.125. The lowest BCUT2D eigenvalue weighted by Gasteiger charge is -2.28. The number of rotatable bonds is 15. The number of halogens is 7. The summed E-state index contributed by atoms with van der Waals surface area (Å²) < 4.78 is 72.4. The summed E-state index contributed by atoms with van der Waals surface area (Å²) in [7, 11) is 1.50. The third-order valence-corrected chi connectivity index (χ3v) is 8.22. The van der Waals surface area contributed by atoms with Crippen molar-refractivity contribution in [2.75, 3.05) is 13.7 Å². The van der Waals surface area contributed by atoms with Gasteiger partial charge in [0, 0.05) is 18.8 Å². The summed E-state index contributed by atoms with van der Waals surface area (Å²) in [5.41, 5.74) is 1.88. The monoisotopic (exact) mass is 729 g/mol. The highest BCUT2D eigenvalue weighted by atomic mass is 35.5. The van der Waals surface area contributed by atoms with Crippen molar-refractivity contribution in [1.82, 2.24) is 16.0 Å². The van der Waals surface area contributed by atoms with Crippen LogP contribution >= 0.6 is 23.2 Å². The first-order valence-electron chi connectivity index (χ1n) is 14.9. The summed E-state index contributed by atoms with van der Waals surface area (Å²) in [6.45, 7) is 0.514. The third kappa shape index (κ3) is 11.1. The van der Waals surface area contributed by atoms with E-state index in [2.05, 4.69) is 10.6 Å². The minimum Gasteiger partial charge on any atom is -0.497 e. The number of methoxy groups -OCH3 is 1. The molecule has 0 saturated carbocycles. The zero-order valence-electron chi connectivity index (χ0n) is 26.5. The van der Waals surface area contributed by atoms with Gasteiger partial charge in [0.25, 0.3) is 5.91 Å². The number of Topliss-reactive ketones (excluding diaryl/α,β-unsaturated/α-hetero) is 1. The maximum absolute atomic E-state index is 14.8. The smallest absolute Gasteiger partial charge is 0.405 e. The average molecular weight is 731 g/mol. The zero-order chi connectivity index (χ0) is 36.5. The molecule has 8 nitrogen and oxygen atoms in total. The largest absolute Gasteiger partial charge is 0.497 e. The van der Waals surface area contributed by atoms with Crippen molar-refractivity contribution >= 4 is 46.7 Å². The molecule has 3 atom stereocenters. The Labute approximate surface area is 289 Å². The van der Waals surface area contributed by atoms with Crippen molar-refractivity contribution in [2.24, 2.45) is 5.92 Å². The second kappa shape index (κ2) is 16.9. The Morgan fingerprint density at radius 3 is 1.98 bits per heavy atom. The lowest BCUT2D eigenvalue weighted by molar-refractivity contribution is -0.165. The molecule has 1 unspecified atom stereocenters. The highest BCUT2D eigenvalue weighted by Gasteiger charge is 2.52. The van der Waals surface area contributed by atoms with Gasteiger partial charge in [-0.1, -0.05) is 85.6 Å². The van der Waals surface area contributed by atoms with Crippen LogP contribution in [-0.4, -0.2) is 61.3 Å². The summed E-state index contributed by atoms with van der Waals surface area (Å²) in [5, 5.41) is 6.35. The molecule has 0 radical (unpaired) electrons. The summed E-state index contributed by atoms with van der Waals surface area (Å²) >= 11 is 12.4. The van der Waals surface area contributed by atoms with E-state index in [1.165, 1.54) is 21.0 Å². The molecular formula is C34H34Cl2F5N3O5. The van der Waals surface area contributed by atoms with Gasteiger partial charge in [0.05, 0.1) is 23.2 Å². The lowest BCUT2D eigenvalue weighted by Crippen LogP contribution is -2.59. The van der Waals surface area contributed by atoms with Crippen molar-refractivity contribution in [2.45, 2.75) is 56.8 Å². The molecule has 0 heterocycles. The van der Waals surface area contributed by atoms with Crippen molar-refractivity contribution in [1.29, 1.82) is 0 Å². The highest BCUT2D eigenvalue weighted by molar-refractivity contribution is 6.42. The lowest BCUT2D eigenvalue weighted by atomic mass is 9.88. The third-order valence-electron chi connectivity index (χ3n) is 7.48. The van der Waals surface area contributed by atoms with E-state index >= 15 is 0 Å². The first-order chi connectivity index (χ1) is 22.9. The van der Waals surface area contributed by atoms with Crippen LogP contribution in [0.25, 0.3) is 0 Å². The van der Waals surface area contributed by atoms with Gasteiger partial charge >= 0.3 is 12.1 Å². The van der Waals surface area contributed by atoms with Gasteiger partial charge in [-0.05, 0) is 46.9 Å². The van der Waals surface area contributed by atoms with Crippen LogP contribution in [0.1, 0.15) is 42.9 Å².